The Morgan fingerprint density at radius 2 is 1.00 bits per heavy atom. The second kappa shape index (κ2) is 24.8. The van der Waals surface area contributed by atoms with Gasteiger partial charge in [-0.15, -0.1) is 34.0 Å². The molecule has 0 aromatic rings. The molecular weight excluding hydrogens is 224 g/mol. The molecule has 1 nitrogen and oxygen atoms in total. The van der Waals surface area contributed by atoms with Crippen LogP contribution in [0.25, 0.3) is 0 Å². The second-order valence-corrected chi connectivity index (χ2v) is 0. The first-order valence-electron chi connectivity index (χ1n) is 0.204. The van der Waals surface area contributed by atoms with Crippen LogP contribution in [0.15, 0.2) is 0 Å². The molecule has 0 N–H and O–H groups in total. The molecule has 0 saturated heterocycles. The van der Waals surface area contributed by atoms with Gasteiger partial charge in [-0.1, -0.05) is 0 Å². The number of halogens is 2. The van der Waals surface area contributed by atoms with Crippen LogP contribution in [0.1, 0.15) is 0 Å². The van der Waals surface area contributed by atoms with Crippen LogP contribution in [0.5, 0.6) is 0 Å². The van der Waals surface area contributed by atoms with Gasteiger partial charge in [0.2, 0.25) is 0 Å². The Kier molecular flexibility index (Phi) is 111. The van der Waals surface area contributed by atoms with Gasteiger partial charge in [0.05, 0.1) is 0 Å². The summed E-state index contributed by atoms with van der Waals surface area (Å²) in [5.74, 6) is 0. The number of rotatable bonds is 0. The van der Waals surface area contributed by atoms with Gasteiger partial charge in [-0.25, -0.2) is 0 Å². The second-order valence-electron chi connectivity index (χ2n) is 0. The van der Waals surface area contributed by atoms with E-state index in [4.69, 9.17) is 3.32 Å². The number of hydrogen-bond acceptors (Lipinski definition) is 1. The van der Waals surface area contributed by atoms with Crippen LogP contribution in [-0.2, 0) is 23.7 Å². The summed E-state index contributed by atoms with van der Waals surface area (Å²) in [5, 5.41) is 0. The minimum absolute atomic E-state index is 0. The van der Waals surface area contributed by atoms with Crippen molar-refractivity contribution < 1.29 is 23.7 Å². The maximum absolute atomic E-state index is 8.25. The summed E-state index contributed by atoms with van der Waals surface area (Å²) in [4.78, 5) is 0. The van der Waals surface area contributed by atoms with Gasteiger partial charge < -0.3 is 0 Å². The Morgan fingerprint density at radius 1 is 1.00 bits per heavy atom. The van der Waals surface area contributed by atoms with Gasteiger partial charge in [0, 0.05) is 0 Å². The zero-order valence-electron chi connectivity index (χ0n) is 1.72. The molecule has 0 aliphatic rings. The molecule has 0 aliphatic carbocycles. The Balaban J connectivity index is -0.00000000500. The van der Waals surface area contributed by atoms with E-state index in [1.54, 1.807) is 0 Å². The van der Waals surface area contributed by atoms with Crippen LogP contribution in [0.3, 0.4) is 0 Å². The van der Waals surface area contributed by atoms with Crippen molar-refractivity contribution in [2.75, 3.05) is 0 Å². The normalized spacial score (nSPS) is 0.750. The molecular formula is H2Br2OTi. The van der Waals surface area contributed by atoms with Crippen molar-refractivity contribution in [3.8, 4) is 0 Å². The van der Waals surface area contributed by atoms with E-state index in [1.807, 2.05) is 0 Å². The van der Waals surface area contributed by atoms with Crippen LogP contribution in [0.4, 0.5) is 0 Å². The van der Waals surface area contributed by atoms with Crippen LogP contribution < -0.4 is 0 Å². The average Bonchev–Trinajstić information content (AvgIpc) is 1.00. The quantitative estimate of drug-likeness (QED) is 0.563. The topological polar surface area (TPSA) is 17.1 Å². The molecule has 0 atom stereocenters. The molecule has 0 amide bonds. The standard InChI is InChI=1S/2BrH.O.Ti/h2*1H;;. The first-order chi connectivity index (χ1) is 1.00. The summed E-state index contributed by atoms with van der Waals surface area (Å²) in [6, 6.07) is 0. The molecule has 0 aliphatic heterocycles. The minimum atomic E-state index is 0. The molecule has 26 valence electrons. The van der Waals surface area contributed by atoms with Gasteiger partial charge in [-0.3, -0.25) is 0 Å². The van der Waals surface area contributed by atoms with E-state index >= 15 is 0 Å². The molecule has 0 heterocycles. The van der Waals surface area contributed by atoms with Gasteiger partial charge in [-0.05, 0) is 0 Å². The summed E-state index contributed by atoms with van der Waals surface area (Å²) in [6.45, 7) is 0. The summed E-state index contributed by atoms with van der Waals surface area (Å²) in [7, 11) is 0. The van der Waals surface area contributed by atoms with Crippen LogP contribution in [-0.4, -0.2) is 0 Å². The van der Waals surface area contributed by atoms with E-state index in [-0.39, 0.29) is 34.0 Å². The van der Waals surface area contributed by atoms with Crippen LogP contribution in [0.2, 0.25) is 0 Å². The number of hydrogen-bond donors (Lipinski definition) is 0. The van der Waals surface area contributed by atoms with E-state index in [2.05, 4.69) is 0 Å². The van der Waals surface area contributed by atoms with Gasteiger partial charge >= 0.3 is 23.7 Å². The molecule has 4 heavy (non-hydrogen) atoms. The van der Waals surface area contributed by atoms with Crippen molar-refractivity contribution in [2.45, 2.75) is 0 Å². The Bertz CT molecular complexity index is 6.00. The zero-order chi connectivity index (χ0) is 2.00. The predicted octanol–water partition coefficient (Wildman–Crippen LogP) is 1.03. The van der Waals surface area contributed by atoms with E-state index in [0.29, 0.717) is 0 Å². The molecule has 0 bridgehead atoms. The van der Waals surface area contributed by atoms with Gasteiger partial charge in [0.15, 0.2) is 0 Å². The zero-order valence-corrected chi connectivity index (χ0v) is 6.71. The molecule has 0 spiro atoms. The molecule has 0 unspecified atom stereocenters. The monoisotopic (exact) mass is 224 g/mol. The van der Waals surface area contributed by atoms with E-state index in [1.165, 1.54) is 0 Å². The predicted molar refractivity (Wildman–Crippen MR) is 21.3 cm³/mol. The van der Waals surface area contributed by atoms with Gasteiger partial charge in [0.1, 0.15) is 0 Å². The summed E-state index contributed by atoms with van der Waals surface area (Å²) in [5.41, 5.74) is 0. The van der Waals surface area contributed by atoms with Crippen molar-refractivity contribution in [3.05, 3.63) is 0 Å². The fourth-order valence-corrected chi connectivity index (χ4v) is 0. The van der Waals surface area contributed by atoms with Gasteiger partial charge in [-0.2, -0.15) is 0 Å². The van der Waals surface area contributed by atoms with Crippen molar-refractivity contribution in [1.82, 2.24) is 0 Å². The van der Waals surface area contributed by atoms with Crippen molar-refractivity contribution in [2.24, 2.45) is 0 Å². The third kappa shape index (κ3) is 9.79. The third-order valence-corrected chi connectivity index (χ3v) is 0. The summed E-state index contributed by atoms with van der Waals surface area (Å²) < 4.78 is 8.25. The Morgan fingerprint density at radius 3 is 1.00 bits per heavy atom. The average molecular weight is 226 g/mol. The molecule has 0 saturated carbocycles. The summed E-state index contributed by atoms with van der Waals surface area (Å²) >= 11 is 0.750. The van der Waals surface area contributed by atoms with E-state index in [9.17, 15) is 0 Å². The Labute approximate surface area is 57.4 Å². The molecule has 0 fully saturated rings. The van der Waals surface area contributed by atoms with Gasteiger partial charge in [0.25, 0.3) is 0 Å². The SMILES string of the molecule is Br.Br.[O]=[Ti]. The van der Waals surface area contributed by atoms with Crippen molar-refractivity contribution in [1.29, 1.82) is 0 Å². The maximum atomic E-state index is 8.25. The molecule has 0 aromatic carbocycles. The molecule has 0 rings (SSSR count). The molecule has 4 heteroatoms. The Hall–Kier alpha value is 1.47. The summed E-state index contributed by atoms with van der Waals surface area (Å²) in [6.07, 6.45) is 0. The van der Waals surface area contributed by atoms with E-state index < -0.39 is 0 Å². The first kappa shape index (κ1) is 17.9. The molecule has 0 radical (unpaired) electrons. The molecule has 0 aromatic heterocycles. The first-order valence-corrected chi connectivity index (χ1v) is 0.842. The van der Waals surface area contributed by atoms with E-state index in [0.717, 1.165) is 20.4 Å². The van der Waals surface area contributed by atoms with Crippen molar-refractivity contribution >= 4 is 34.0 Å². The fraction of sp³-hybridized carbons (Fsp3) is 0. The fourth-order valence-electron chi connectivity index (χ4n) is 0. The van der Waals surface area contributed by atoms with Crippen LogP contribution in [0, 0.1) is 0 Å². The third-order valence-electron chi connectivity index (χ3n) is 0. The van der Waals surface area contributed by atoms with Crippen LogP contribution >= 0.6 is 34.0 Å². The van der Waals surface area contributed by atoms with Crippen molar-refractivity contribution in [3.63, 3.8) is 0 Å².